The van der Waals surface area contributed by atoms with E-state index in [0.717, 1.165) is 11.4 Å². The lowest BCUT2D eigenvalue weighted by Gasteiger charge is -2.14. The summed E-state index contributed by atoms with van der Waals surface area (Å²) in [7, 11) is 1.38. The first-order valence-corrected chi connectivity index (χ1v) is 6.33. The fourth-order valence-electron chi connectivity index (χ4n) is 1.90. The number of ether oxygens (including phenoxy) is 1. The number of nitrogens with zero attached hydrogens (tertiary/aromatic N) is 2. The van der Waals surface area contributed by atoms with E-state index in [1.165, 1.54) is 7.11 Å². The number of carbonyl (C=O) groups is 1. The van der Waals surface area contributed by atoms with Crippen LogP contribution in [0.1, 0.15) is 24.4 Å². The molecule has 1 unspecified atom stereocenters. The van der Waals surface area contributed by atoms with Gasteiger partial charge in [-0.05, 0) is 24.6 Å². The molecule has 0 aliphatic carbocycles. The Hall–Kier alpha value is -1.81. The van der Waals surface area contributed by atoms with Gasteiger partial charge in [0.1, 0.15) is 11.9 Å². The van der Waals surface area contributed by atoms with E-state index in [0.29, 0.717) is 11.4 Å². The van der Waals surface area contributed by atoms with E-state index in [9.17, 15) is 4.79 Å². The number of aromatic nitrogens is 2. The highest BCUT2D eigenvalue weighted by atomic mass is 35.5. The van der Waals surface area contributed by atoms with E-state index >= 15 is 0 Å². The highest BCUT2D eigenvalue weighted by molar-refractivity contribution is 6.30. The number of hydrogen-bond donors (Lipinski definition) is 0. The number of carbonyl (C=O) groups excluding carboxylic acids is 1. The van der Waals surface area contributed by atoms with Crippen LogP contribution in [0.4, 0.5) is 0 Å². The van der Waals surface area contributed by atoms with Gasteiger partial charge in [0.2, 0.25) is 0 Å². The van der Waals surface area contributed by atoms with E-state index in [-0.39, 0.29) is 12.0 Å². The zero-order valence-electron chi connectivity index (χ0n) is 10.8. The smallest absolute Gasteiger partial charge is 0.328 e. The summed E-state index contributed by atoms with van der Waals surface area (Å²) >= 11 is 5.85. The van der Waals surface area contributed by atoms with Gasteiger partial charge in [-0.25, -0.2) is 9.78 Å². The molecule has 4 nitrogen and oxygen atoms in total. The molecule has 2 rings (SSSR count). The van der Waals surface area contributed by atoms with Crippen LogP contribution in [-0.2, 0) is 16.0 Å². The molecule has 1 atom stereocenters. The summed E-state index contributed by atoms with van der Waals surface area (Å²) in [6.07, 6.45) is 4.11. The summed E-state index contributed by atoms with van der Waals surface area (Å²) in [5.74, 6) is 0.538. The fourth-order valence-corrected chi connectivity index (χ4v) is 2.03. The first-order valence-electron chi connectivity index (χ1n) is 5.96. The molecule has 0 spiro atoms. The maximum atomic E-state index is 11.6. The number of esters is 1. The third-order valence-electron chi connectivity index (χ3n) is 2.98. The predicted molar refractivity (Wildman–Crippen MR) is 73.2 cm³/mol. The Balaban J connectivity index is 2.20. The van der Waals surface area contributed by atoms with Crippen molar-refractivity contribution in [1.82, 2.24) is 9.55 Å². The molecule has 0 saturated heterocycles. The van der Waals surface area contributed by atoms with Gasteiger partial charge in [-0.2, -0.15) is 0 Å². The summed E-state index contributed by atoms with van der Waals surface area (Å²) in [4.78, 5) is 15.9. The fraction of sp³-hybridized carbons (Fsp3) is 0.286. The molecule has 0 radical (unpaired) electrons. The molecule has 0 aliphatic heterocycles. The van der Waals surface area contributed by atoms with Gasteiger partial charge in [0.25, 0.3) is 0 Å². The molecule has 0 amide bonds. The lowest BCUT2D eigenvalue weighted by atomic mass is 10.1. The van der Waals surface area contributed by atoms with Crippen molar-refractivity contribution in [3.8, 4) is 0 Å². The number of hydrogen-bond acceptors (Lipinski definition) is 3. The van der Waals surface area contributed by atoms with E-state index in [1.807, 2.05) is 28.8 Å². The molecule has 1 heterocycles. The van der Waals surface area contributed by atoms with Crippen LogP contribution in [0.15, 0.2) is 36.7 Å². The van der Waals surface area contributed by atoms with Crippen molar-refractivity contribution >= 4 is 17.6 Å². The average Bonchev–Trinajstić information content (AvgIpc) is 2.87. The average molecular weight is 279 g/mol. The van der Waals surface area contributed by atoms with Gasteiger partial charge in [0, 0.05) is 23.8 Å². The molecule has 2 aromatic rings. The number of benzene rings is 1. The molecule has 1 aromatic carbocycles. The molecule has 0 aliphatic rings. The zero-order valence-corrected chi connectivity index (χ0v) is 11.6. The van der Waals surface area contributed by atoms with Crippen LogP contribution in [-0.4, -0.2) is 22.6 Å². The van der Waals surface area contributed by atoms with Crippen molar-refractivity contribution in [3.63, 3.8) is 0 Å². The lowest BCUT2D eigenvalue weighted by Crippen LogP contribution is -2.19. The molecule has 0 bridgehead atoms. The van der Waals surface area contributed by atoms with Crippen LogP contribution in [0.3, 0.4) is 0 Å². The molecule has 100 valence electrons. The second kappa shape index (κ2) is 5.89. The van der Waals surface area contributed by atoms with Gasteiger partial charge in [-0.1, -0.05) is 23.7 Å². The summed E-state index contributed by atoms with van der Waals surface area (Å²) in [5, 5.41) is 0.704. The summed E-state index contributed by atoms with van der Waals surface area (Å²) in [6, 6.07) is 7.20. The lowest BCUT2D eigenvalue weighted by molar-refractivity contribution is -0.144. The normalized spacial score (nSPS) is 12.2. The Labute approximate surface area is 117 Å². The topological polar surface area (TPSA) is 44.1 Å². The minimum Gasteiger partial charge on any atom is -0.467 e. The van der Waals surface area contributed by atoms with Gasteiger partial charge in [-0.15, -0.1) is 0 Å². The Morgan fingerprint density at radius 2 is 2.11 bits per heavy atom. The minimum absolute atomic E-state index is 0.282. The number of imidazole rings is 1. The third kappa shape index (κ3) is 3.15. The Kier molecular flexibility index (Phi) is 4.22. The van der Waals surface area contributed by atoms with Crippen molar-refractivity contribution in [2.45, 2.75) is 19.4 Å². The van der Waals surface area contributed by atoms with E-state index in [2.05, 4.69) is 4.98 Å². The quantitative estimate of drug-likeness (QED) is 0.808. The summed E-state index contributed by atoms with van der Waals surface area (Å²) in [6.45, 7) is 1.79. The maximum Gasteiger partial charge on any atom is 0.328 e. The first-order chi connectivity index (χ1) is 9.11. The zero-order chi connectivity index (χ0) is 13.8. The molecule has 0 N–H and O–H groups in total. The van der Waals surface area contributed by atoms with Crippen molar-refractivity contribution < 1.29 is 9.53 Å². The van der Waals surface area contributed by atoms with E-state index < -0.39 is 0 Å². The van der Waals surface area contributed by atoms with Crippen molar-refractivity contribution in [2.75, 3.05) is 7.11 Å². The van der Waals surface area contributed by atoms with Crippen LogP contribution >= 0.6 is 11.6 Å². The van der Waals surface area contributed by atoms with E-state index in [4.69, 9.17) is 16.3 Å². The number of rotatable bonds is 4. The molecule has 0 fully saturated rings. The standard InChI is InChI=1S/C14H15ClN2O2/c1-10(14(18)19-2)17-8-7-16-13(17)9-11-3-5-12(15)6-4-11/h3-8,10H,9H2,1-2H3. The van der Waals surface area contributed by atoms with Gasteiger partial charge in [0.05, 0.1) is 7.11 Å². The first kappa shape index (κ1) is 13.6. The number of halogens is 1. The monoisotopic (exact) mass is 278 g/mol. The van der Waals surface area contributed by atoms with Crippen molar-refractivity contribution in [2.24, 2.45) is 0 Å². The molecular weight excluding hydrogens is 264 g/mol. The Morgan fingerprint density at radius 3 is 2.74 bits per heavy atom. The van der Waals surface area contributed by atoms with Gasteiger partial charge in [-0.3, -0.25) is 0 Å². The minimum atomic E-state index is -0.380. The van der Waals surface area contributed by atoms with Gasteiger partial charge in [0.15, 0.2) is 0 Å². The second-order valence-electron chi connectivity index (χ2n) is 4.25. The highest BCUT2D eigenvalue weighted by Gasteiger charge is 2.18. The molecule has 5 heteroatoms. The van der Waals surface area contributed by atoms with E-state index in [1.54, 1.807) is 19.3 Å². The second-order valence-corrected chi connectivity index (χ2v) is 4.69. The summed E-state index contributed by atoms with van der Waals surface area (Å²) < 4.78 is 6.57. The number of methoxy groups -OCH3 is 1. The van der Waals surface area contributed by atoms with Crippen molar-refractivity contribution in [3.05, 3.63) is 53.1 Å². The maximum absolute atomic E-state index is 11.6. The van der Waals surface area contributed by atoms with Crippen LogP contribution in [0.5, 0.6) is 0 Å². The summed E-state index contributed by atoms with van der Waals surface area (Å²) in [5.41, 5.74) is 1.09. The van der Waals surface area contributed by atoms with Crippen LogP contribution in [0, 0.1) is 0 Å². The van der Waals surface area contributed by atoms with Gasteiger partial charge >= 0.3 is 5.97 Å². The largest absolute Gasteiger partial charge is 0.467 e. The highest BCUT2D eigenvalue weighted by Crippen LogP contribution is 2.16. The van der Waals surface area contributed by atoms with Crippen LogP contribution < -0.4 is 0 Å². The molecule has 0 saturated carbocycles. The van der Waals surface area contributed by atoms with Crippen molar-refractivity contribution in [1.29, 1.82) is 0 Å². The predicted octanol–water partition coefficient (Wildman–Crippen LogP) is 2.86. The van der Waals surface area contributed by atoms with Crippen LogP contribution in [0.25, 0.3) is 0 Å². The Morgan fingerprint density at radius 1 is 1.42 bits per heavy atom. The molecular formula is C14H15ClN2O2. The Bertz CT molecular complexity index is 563. The van der Waals surface area contributed by atoms with Crippen LogP contribution in [0.2, 0.25) is 5.02 Å². The third-order valence-corrected chi connectivity index (χ3v) is 3.24. The molecule has 19 heavy (non-hydrogen) atoms. The molecule has 1 aromatic heterocycles. The van der Waals surface area contributed by atoms with Gasteiger partial charge < -0.3 is 9.30 Å². The SMILES string of the molecule is COC(=O)C(C)n1ccnc1Cc1ccc(Cl)cc1.